The molecule has 1 aliphatic heterocycles. The molecule has 7 nitrogen and oxygen atoms in total. The Labute approximate surface area is 176 Å². The SMILES string of the molecule is O=C(NCC1CCCC1)c1cccc(NS(=O)(=O)c2ccc3c(c2)OCCCO3)c1. The van der Waals surface area contributed by atoms with Gasteiger partial charge in [0.05, 0.1) is 18.1 Å². The Morgan fingerprint density at radius 1 is 0.967 bits per heavy atom. The number of amides is 1. The molecule has 4 rings (SSSR count). The third-order valence-electron chi connectivity index (χ3n) is 5.43. The normalized spacial score (nSPS) is 16.7. The van der Waals surface area contributed by atoms with Gasteiger partial charge in [0, 0.05) is 30.3 Å². The highest BCUT2D eigenvalue weighted by molar-refractivity contribution is 7.92. The molecule has 2 aliphatic rings. The standard InChI is InChI=1S/C22H26N2O5S/c25-22(23-15-16-5-1-2-6-16)17-7-3-8-18(13-17)24-30(26,27)19-9-10-20-21(14-19)29-12-4-11-28-20/h3,7-10,13-14,16,24H,1-2,4-6,11-12,15H2,(H,23,25). The number of rotatable bonds is 6. The lowest BCUT2D eigenvalue weighted by molar-refractivity contribution is 0.0947. The fourth-order valence-corrected chi connectivity index (χ4v) is 4.87. The van der Waals surface area contributed by atoms with Crippen LogP contribution in [0.5, 0.6) is 11.5 Å². The van der Waals surface area contributed by atoms with E-state index in [1.807, 2.05) is 0 Å². The van der Waals surface area contributed by atoms with E-state index in [1.165, 1.54) is 25.0 Å². The van der Waals surface area contributed by atoms with Gasteiger partial charge in [-0.05, 0) is 49.1 Å². The molecule has 1 heterocycles. The van der Waals surface area contributed by atoms with Crippen LogP contribution in [0, 0.1) is 5.92 Å². The van der Waals surface area contributed by atoms with Crippen LogP contribution in [-0.4, -0.2) is 34.1 Å². The first kappa shape index (κ1) is 20.5. The van der Waals surface area contributed by atoms with Gasteiger partial charge in [0.2, 0.25) is 0 Å². The molecular formula is C22H26N2O5S. The van der Waals surface area contributed by atoms with Gasteiger partial charge in [-0.25, -0.2) is 8.42 Å². The molecule has 2 aromatic rings. The Morgan fingerprint density at radius 3 is 2.53 bits per heavy atom. The molecule has 2 aromatic carbocycles. The van der Waals surface area contributed by atoms with Crippen LogP contribution in [-0.2, 0) is 10.0 Å². The van der Waals surface area contributed by atoms with Gasteiger partial charge in [-0.2, -0.15) is 0 Å². The van der Waals surface area contributed by atoms with Crippen molar-refractivity contribution in [3.05, 3.63) is 48.0 Å². The Balaban J connectivity index is 1.46. The molecule has 2 N–H and O–H groups in total. The summed E-state index contributed by atoms with van der Waals surface area (Å²) < 4.78 is 39.4. The Bertz CT molecular complexity index is 1020. The highest BCUT2D eigenvalue weighted by atomic mass is 32.2. The van der Waals surface area contributed by atoms with Crippen molar-refractivity contribution in [2.75, 3.05) is 24.5 Å². The van der Waals surface area contributed by atoms with Crippen molar-refractivity contribution in [2.45, 2.75) is 37.0 Å². The number of benzene rings is 2. The average Bonchev–Trinajstić information content (AvgIpc) is 3.15. The molecule has 0 atom stereocenters. The first-order chi connectivity index (χ1) is 14.5. The zero-order valence-corrected chi connectivity index (χ0v) is 17.5. The van der Waals surface area contributed by atoms with Crippen LogP contribution in [0.3, 0.4) is 0 Å². The van der Waals surface area contributed by atoms with Crippen molar-refractivity contribution in [2.24, 2.45) is 5.92 Å². The summed E-state index contributed by atoms with van der Waals surface area (Å²) in [5, 5.41) is 2.96. The summed E-state index contributed by atoms with van der Waals surface area (Å²) in [5.74, 6) is 1.29. The van der Waals surface area contributed by atoms with Crippen LogP contribution in [0.25, 0.3) is 0 Å². The number of ether oxygens (including phenoxy) is 2. The van der Waals surface area contributed by atoms with E-state index < -0.39 is 10.0 Å². The highest BCUT2D eigenvalue weighted by Crippen LogP contribution is 2.32. The zero-order chi connectivity index (χ0) is 21.0. The molecule has 0 unspecified atom stereocenters. The first-order valence-corrected chi connectivity index (χ1v) is 11.8. The van der Waals surface area contributed by atoms with E-state index in [-0.39, 0.29) is 10.8 Å². The second-order valence-corrected chi connectivity index (χ2v) is 9.39. The molecule has 1 aliphatic carbocycles. The maximum atomic E-state index is 12.8. The van der Waals surface area contributed by atoms with Crippen LogP contribution in [0.2, 0.25) is 0 Å². The minimum Gasteiger partial charge on any atom is -0.490 e. The lowest BCUT2D eigenvalue weighted by Crippen LogP contribution is -2.28. The third kappa shape index (κ3) is 4.87. The minimum atomic E-state index is -3.84. The smallest absolute Gasteiger partial charge is 0.262 e. The van der Waals surface area contributed by atoms with Crippen molar-refractivity contribution in [1.82, 2.24) is 5.32 Å². The van der Waals surface area contributed by atoms with Gasteiger partial charge in [0.1, 0.15) is 0 Å². The van der Waals surface area contributed by atoms with Crippen LogP contribution in [0.15, 0.2) is 47.4 Å². The molecule has 160 valence electrons. The Kier molecular flexibility index (Phi) is 6.13. The van der Waals surface area contributed by atoms with E-state index in [4.69, 9.17) is 9.47 Å². The number of hydrogen-bond donors (Lipinski definition) is 2. The highest BCUT2D eigenvalue weighted by Gasteiger charge is 2.20. The Hall–Kier alpha value is -2.74. The van der Waals surface area contributed by atoms with Crippen molar-refractivity contribution in [3.63, 3.8) is 0 Å². The molecule has 0 bridgehead atoms. The van der Waals surface area contributed by atoms with Gasteiger partial charge < -0.3 is 14.8 Å². The lowest BCUT2D eigenvalue weighted by Gasteiger charge is -2.13. The molecule has 8 heteroatoms. The third-order valence-corrected chi connectivity index (χ3v) is 6.81. The largest absolute Gasteiger partial charge is 0.490 e. The number of carbonyl (C=O) groups is 1. The summed E-state index contributed by atoms with van der Waals surface area (Å²) in [7, 11) is -3.84. The molecule has 0 radical (unpaired) electrons. The molecule has 0 saturated heterocycles. The van der Waals surface area contributed by atoms with Gasteiger partial charge in [0.25, 0.3) is 15.9 Å². The second-order valence-electron chi connectivity index (χ2n) is 7.71. The summed E-state index contributed by atoms with van der Waals surface area (Å²) in [5.41, 5.74) is 0.752. The maximum absolute atomic E-state index is 12.8. The molecular weight excluding hydrogens is 404 g/mol. The van der Waals surface area contributed by atoms with E-state index in [1.54, 1.807) is 30.3 Å². The van der Waals surface area contributed by atoms with Crippen molar-refractivity contribution in [1.29, 1.82) is 0 Å². The summed E-state index contributed by atoms with van der Waals surface area (Å²) in [6.07, 6.45) is 5.48. The number of hydrogen-bond acceptors (Lipinski definition) is 5. The van der Waals surface area contributed by atoms with Crippen molar-refractivity contribution >= 4 is 21.6 Å². The van der Waals surface area contributed by atoms with Gasteiger partial charge in [-0.15, -0.1) is 0 Å². The van der Waals surface area contributed by atoms with Crippen LogP contribution in [0.4, 0.5) is 5.69 Å². The van der Waals surface area contributed by atoms with E-state index in [2.05, 4.69) is 10.0 Å². The van der Waals surface area contributed by atoms with Crippen LogP contribution in [0.1, 0.15) is 42.5 Å². The lowest BCUT2D eigenvalue weighted by atomic mass is 10.1. The topological polar surface area (TPSA) is 93.7 Å². The number of fused-ring (bicyclic) bond motifs is 1. The van der Waals surface area contributed by atoms with E-state index in [0.29, 0.717) is 48.4 Å². The van der Waals surface area contributed by atoms with Gasteiger partial charge in [-0.1, -0.05) is 18.9 Å². The predicted molar refractivity (Wildman–Crippen MR) is 114 cm³/mol. The maximum Gasteiger partial charge on any atom is 0.262 e. The molecule has 0 spiro atoms. The van der Waals surface area contributed by atoms with Gasteiger partial charge in [-0.3, -0.25) is 9.52 Å². The summed E-state index contributed by atoms with van der Waals surface area (Å²) in [6, 6.07) is 11.0. The fourth-order valence-electron chi connectivity index (χ4n) is 3.80. The molecule has 1 fully saturated rings. The molecule has 1 amide bonds. The summed E-state index contributed by atoms with van der Waals surface area (Å²) in [4.78, 5) is 12.5. The van der Waals surface area contributed by atoms with E-state index >= 15 is 0 Å². The van der Waals surface area contributed by atoms with Crippen molar-refractivity contribution < 1.29 is 22.7 Å². The quantitative estimate of drug-likeness (QED) is 0.731. The fraction of sp³-hybridized carbons (Fsp3) is 0.409. The first-order valence-electron chi connectivity index (χ1n) is 10.3. The Morgan fingerprint density at radius 2 is 1.73 bits per heavy atom. The predicted octanol–water partition coefficient (Wildman–Crippen LogP) is 3.57. The number of nitrogens with one attached hydrogen (secondary N) is 2. The number of anilines is 1. The zero-order valence-electron chi connectivity index (χ0n) is 16.7. The number of sulfonamides is 1. The van der Waals surface area contributed by atoms with Gasteiger partial charge in [0.15, 0.2) is 11.5 Å². The van der Waals surface area contributed by atoms with Crippen LogP contribution >= 0.6 is 0 Å². The number of carbonyl (C=O) groups excluding carboxylic acids is 1. The second kappa shape index (κ2) is 8.95. The minimum absolute atomic E-state index is 0.0721. The van der Waals surface area contributed by atoms with E-state index in [0.717, 1.165) is 19.3 Å². The molecule has 30 heavy (non-hydrogen) atoms. The average molecular weight is 431 g/mol. The van der Waals surface area contributed by atoms with Crippen molar-refractivity contribution in [3.8, 4) is 11.5 Å². The molecule has 0 aromatic heterocycles. The summed E-state index contributed by atoms with van der Waals surface area (Å²) >= 11 is 0. The van der Waals surface area contributed by atoms with Crippen LogP contribution < -0.4 is 19.5 Å². The van der Waals surface area contributed by atoms with E-state index in [9.17, 15) is 13.2 Å². The van der Waals surface area contributed by atoms with Gasteiger partial charge >= 0.3 is 0 Å². The monoisotopic (exact) mass is 430 g/mol. The molecule has 1 saturated carbocycles. The summed E-state index contributed by atoms with van der Waals surface area (Å²) in [6.45, 7) is 1.67.